The van der Waals surface area contributed by atoms with Crippen LogP contribution in [0.1, 0.15) is 10.5 Å². The van der Waals surface area contributed by atoms with Gasteiger partial charge in [-0.2, -0.15) is 5.10 Å². The second-order valence-electron chi connectivity index (χ2n) is 6.62. The molecule has 0 radical (unpaired) electrons. The fraction of sp³-hybridized carbons (Fsp3) is 0.200. The third kappa shape index (κ3) is 3.84. The van der Waals surface area contributed by atoms with Crippen molar-refractivity contribution in [1.82, 2.24) is 25.0 Å². The third-order valence-electron chi connectivity index (χ3n) is 4.65. The highest BCUT2D eigenvalue weighted by molar-refractivity contribution is 6.30. The van der Waals surface area contributed by atoms with Gasteiger partial charge in [0.1, 0.15) is 11.6 Å². The number of carbonyl (C=O) groups excluding carboxylic acids is 2. The highest BCUT2D eigenvalue weighted by atomic mass is 35.5. The number of methoxy groups -OCH3 is 1. The van der Waals surface area contributed by atoms with Gasteiger partial charge in [0.15, 0.2) is 5.69 Å². The van der Waals surface area contributed by atoms with Gasteiger partial charge < -0.3 is 15.0 Å². The molecule has 30 heavy (non-hydrogen) atoms. The maximum Gasteiger partial charge on any atom is 0.274 e. The van der Waals surface area contributed by atoms with E-state index in [1.807, 2.05) is 0 Å². The van der Waals surface area contributed by atoms with Crippen LogP contribution in [-0.4, -0.2) is 58.2 Å². The molecule has 0 atom stereocenters. The summed E-state index contributed by atoms with van der Waals surface area (Å²) < 4.78 is 20.4. The van der Waals surface area contributed by atoms with Crippen LogP contribution in [0.15, 0.2) is 42.7 Å². The van der Waals surface area contributed by atoms with Crippen molar-refractivity contribution in [2.75, 3.05) is 26.7 Å². The molecule has 8 nitrogen and oxygen atoms in total. The molecule has 1 saturated heterocycles. The van der Waals surface area contributed by atoms with Crippen molar-refractivity contribution in [2.45, 2.75) is 0 Å². The van der Waals surface area contributed by atoms with Crippen molar-refractivity contribution in [3.63, 3.8) is 0 Å². The summed E-state index contributed by atoms with van der Waals surface area (Å²) in [6.07, 6.45) is 3.15. The average Bonchev–Trinajstić information content (AvgIpc) is 3.20. The minimum absolute atomic E-state index is 0.0376. The normalized spacial score (nSPS) is 13.8. The van der Waals surface area contributed by atoms with E-state index >= 15 is 0 Å². The zero-order chi connectivity index (χ0) is 21.3. The number of nitrogens with zero attached hydrogens (tertiary/aromatic N) is 4. The van der Waals surface area contributed by atoms with Gasteiger partial charge in [-0.15, -0.1) is 0 Å². The predicted molar refractivity (Wildman–Crippen MR) is 107 cm³/mol. The molecule has 1 aromatic carbocycles. The molecule has 4 rings (SSSR count). The number of rotatable bonds is 4. The molecule has 154 valence electrons. The Labute approximate surface area is 176 Å². The van der Waals surface area contributed by atoms with Crippen LogP contribution in [0.4, 0.5) is 4.39 Å². The zero-order valence-corrected chi connectivity index (χ0v) is 16.7. The average molecular weight is 430 g/mol. The summed E-state index contributed by atoms with van der Waals surface area (Å²) >= 11 is 5.95. The first-order valence-electron chi connectivity index (χ1n) is 9.07. The highest BCUT2D eigenvalue weighted by Gasteiger charge is 2.26. The number of hydrogen-bond donors (Lipinski definition) is 1. The molecular formula is C20H17ClFN5O3. The number of carbonyl (C=O) groups is 2. The maximum absolute atomic E-state index is 13.7. The van der Waals surface area contributed by atoms with Gasteiger partial charge in [0.05, 0.1) is 36.3 Å². The van der Waals surface area contributed by atoms with E-state index < -0.39 is 5.82 Å². The molecule has 2 amide bonds. The molecule has 0 aliphatic carbocycles. The first-order chi connectivity index (χ1) is 14.5. The molecule has 1 fully saturated rings. The van der Waals surface area contributed by atoms with Gasteiger partial charge in [0, 0.05) is 24.8 Å². The molecule has 2 aromatic heterocycles. The van der Waals surface area contributed by atoms with Gasteiger partial charge >= 0.3 is 0 Å². The van der Waals surface area contributed by atoms with Gasteiger partial charge in [0.2, 0.25) is 5.91 Å². The Morgan fingerprint density at radius 3 is 2.83 bits per heavy atom. The van der Waals surface area contributed by atoms with E-state index in [2.05, 4.69) is 15.4 Å². The number of benzene rings is 1. The number of aromatic nitrogens is 3. The Morgan fingerprint density at radius 2 is 2.10 bits per heavy atom. The van der Waals surface area contributed by atoms with E-state index in [4.69, 9.17) is 16.3 Å². The Hall–Kier alpha value is -3.46. The summed E-state index contributed by atoms with van der Waals surface area (Å²) in [4.78, 5) is 30.2. The predicted octanol–water partition coefficient (Wildman–Crippen LogP) is 2.31. The van der Waals surface area contributed by atoms with Crippen LogP contribution in [0.3, 0.4) is 0 Å². The first-order valence-corrected chi connectivity index (χ1v) is 9.45. The second-order valence-corrected chi connectivity index (χ2v) is 7.02. The van der Waals surface area contributed by atoms with Crippen molar-refractivity contribution in [2.24, 2.45) is 0 Å². The van der Waals surface area contributed by atoms with Crippen molar-refractivity contribution >= 4 is 23.4 Å². The van der Waals surface area contributed by atoms with Crippen LogP contribution >= 0.6 is 11.6 Å². The Kier molecular flexibility index (Phi) is 5.37. The van der Waals surface area contributed by atoms with Gasteiger partial charge in [0.25, 0.3) is 5.91 Å². The second kappa shape index (κ2) is 8.11. The van der Waals surface area contributed by atoms with E-state index in [0.29, 0.717) is 35.8 Å². The number of halogens is 2. The summed E-state index contributed by atoms with van der Waals surface area (Å²) in [6, 6.07) is 7.50. The van der Waals surface area contributed by atoms with Crippen LogP contribution in [0.25, 0.3) is 16.9 Å². The molecule has 0 saturated carbocycles. The van der Waals surface area contributed by atoms with E-state index in [9.17, 15) is 14.0 Å². The number of hydrogen-bond acceptors (Lipinski definition) is 5. The zero-order valence-electron chi connectivity index (χ0n) is 15.9. The third-order valence-corrected chi connectivity index (χ3v) is 4.94. The Balaban J connectivity index is 1.81. The molecule has 1 aliphatic rings. The van der Waals surface area contributed by atoms with Crippen LogP contribution in [0.5, 0.6) is 5.75 Å². The maximum atomic E-state index is 13.7. The van der Waals surface area contributed by atoms with E-state index in [1.165, 1.54) is 34.9 Å². The lowest BCUT2D eigenvalue weighted by atomic mass is 10.1. The number of pyridine rings is 1. The molecule has 10 heteroatoms. The smallest absolute Gasteiger partial charge is 0.274 e. The van der Waals surface area contributed by atoms with Gasteiger partial charge in [-0.3, -0.25) is 14.6 Å². The van der Waals surface area contributed by atoms with Crippen LogP contribution in [0.2, 0.25) is 5.02 Å². The van der Waals surface area contributed by atoms with Gasteiger partial charge in [-0.05, 0) is 30.3 Å². The fourth-order valence-corrected chi connectivity index (χ4v) is 3.32. The van der Waals surface area contributed by atoms with Crippen LogP contribution in [-0.2, 0) is 4.79 Å². The van der Waals surface area contributed by atoms with Crippen molar-refractivity contribution < 1.29 is 18.7 Å². The number of piperazine rings is 1. The lowest BCUT2D eigenvalue weighted by Crippen LogP contribution is -2.50. The molecule has 1 aliphatic heterocycles. The molecule has 1 N–H and O–H groups in total. The molecule has 0 unspecified atom stereocenters. The fourth-order valence-electron chi connectivity index (χ4n) is 3.15. The number of amides is 2. The molecule has 3 aromatic rings. The van der Waals surface area contributed by atoms with Gasteiger partial charge in [-0.25, -0.2) is 9.07 Å². The summed E-state index contributed by atoms with van der Waals surface area (Å²) in [5, 5.41) is 7.04. The largest absolute Gasteiger partial charge is 0.495 e. The SMILES string of the molecule is COc1cncc(-c2cc(C(=O)N3CCNC(=O)C3)nn2-c2ccc(F)c(Cl)c2)c1. The van der Waals surface area contributed by atoms with E-state index in [0.717, 1.165) is 0 Å². The monoisotopic (exact) mass is 429 g/mol. The Morgan fingerprint density at radius 1 is 1.27 bits per heavy atom. The first kappa shape index (κ1) is 19.8. The van der Waals surface area contributed by atoms with Crippen LogP contribution < -0.4 is 10.1 Å². The number of ether oxygens (including phenoxy) is 1. The standard InChI is InChI=1S/C20H17ClFN5O3/c1-30-14-6-12(9-23-10-14)18-8-17(20(29)26-5-4-24-19(28)11-26)25-27(18)13-2-3-16(22)15(21)7-13/h2-3,6-10H,4-5,11H2,1H3,(H,24,28). The van der Waals surface area contributed by atoms with Crippen molar-refractivity contribution in [3.05, 3.63) is 59.3 Å². The number of nitrogens with one attached hydrogen (secondary N) is 1. The minimum Gasteiger partial charge on any atom is -0.495 e. The lowest BCUT2D eigenvalue weighted by Gasteiger charge is -2.25. The van der Waals surface area contributed by atoms with Crippen molar-refractivity contribution in [3.8, 4) is 22.7 Å². The summed E-state index contributed by atoms with van der Waals surface area (Å²) in [5.41, 5.74) is 1.78. The van der Waals surface area contributed by atoms with Crippen LogP contribution in [0, 0.1) is 5.82 Å². The Bertz CT molecular complexity index is 1130. The molecular weight excluding hydrogens is 413 g/mol. The van der Waals surface area contributed by atoms with Crippen molar-refractivity contribution in [1.29, 1.82) is 0 Å². The summed E-state index contributed by atoms with van der Waals surface area (Å²) in [7, 11) is 1.52. The lowest BCUT2D eigenvalue weighted by molar-refractivity contribution is -0.123. The summed E-state index contributed by atoms with van der Waals surface area (Å²) in [6.45, 7) is 0.728. The topological polar surface area (TPSA) is 89.3 Å². The quantitative estimate of drug-likeness (QED) is 0.687. The van der Waals surface area contributed by atoms with E-state index in [1.54, 1.807) is 24.5 Å². The van der Waals surface area contributed by atoms with Gasteiger partial charge in [-0.1, -0.05) is 11.6 Å². The molecule has 0 spiro atoms. The minimum atomic E-state index is -0.562. The highest BCUT2D eigenvalue weighted by Crippen LogP contribution is 2.28. The van der Waals surface area contributed by atoms with E-state index in [-0.39, 0.29) is 29.1 Å². The summed E-state index contributed by atoms with van der Waals surface area (Å²) in [5.74, 6) is -0.642. The molecule has 0 bridgehead atoms. The molecule has 3 heterocycles.